The van der Waals surface area contributed by atoms with Gasteiger partial charge < -0.3 is 4.90 Å². The van der Waals surface area contributed by atoms with Crippen molar-refractivity contribution >= 4 is 17.2 Å². The fourth-order valence-electron chi connectivity index (χ4n) is 2.88. The van der Waals surface area contributed by atoms with E-state index in [9.17, 15) is 4.79 Å². The van der Waals surface area contributed by atoms with Crippen LogP contribution in [0.15, 0.2) is 48.8 Å². The summed E-state index contributed by atoms with van der Waals surface area (Å²) in [6.45, 7) is 0.737. The molecule has 5 nitrogen and oxygen atoms in total. The van der Waals surface area contributed by atoms with E-state index >= 15 is 0 Å². The molecule has 3 heterocycles. The summed E-state index contributed by atoms with van der Waals surface area (Å²) in [5, 5.41) is 4.20. The molecule has 1 aliphatic rings. The summed E-state index contributed by atoms with van der Waals surface area (Å²) in [6.07, 6.45) is 5.31. The molecule has 2 aromatic heterocycles. The van der Waals surface area contributed by atoms with Gasteiger partial charge in [-0.25, -0.2) is 9.50 Å². The molecule has 0 spiro atoms. The first-order chi connectivity index (χ1) is 10.3. The van der Waals surface area contributed by atoms with Crippen molar-refractivity contribution in [2.75, 3.05) is 11.4 Å². The highest BCUT2D eigenvalue weighted by Crippen LogP contribution is 2.28. The molecule has 0 fully saturated rings. The molecule has 1 aromatic carbocycles. The summed E-state index contributed by atoms with van der Waals surface area (Å²) in [7, 11) is 0. The summed E-state index contributed by atoms with van der Waals surface area (Å²) in [4.78, 5) is 19.0. The Balaban J connectivity index is 1.81. The van der Waals surface area contributed by atoms with Gasteiger partial charge in [-0.3, -0.25) is 4.79 Å². The molecular weight excluding hydrogens is 264 g/mol. The largest absolute Gasteiger partial charge is 0.307 e. The van der Waals surface area contributed by atoms with E-state index in [2.05, 4.69) is 16.1 Å². The molecule has 0 unspecified atom stereocenters. The Morgan fingerprint density at radius 2 is 2.00 bits per heavy atom. The number of nitrogens with zero attached hydrogens (tertiary/aromatic N) is 4. The second-order valence-corrected chi connectivity index (χ2v) is 5.12. The Bertz CT molecular complexity index is 824. The zero-order valence-corrected chi connectivity index (χ0v) is 11.4. The fraction of sp³-hybridized carbons (Fsp3) is 0.188. The van der Waals surface area contributed by atoms with Crippen LogP contribution in [-0.4, -0.2) is 27.0 Å². The van der Waals surface area contributed by atoms with Crippen molar-refractivity contribution in [2.24, 2.45) is 0 Å². The van der Waals surface area contributed by atoms with Crippen molar-refractivity contribution in [3.8, 4) is 0 Å². The van der Waals surface area contributed by atoms with E-state index in [1.165, 1.54) is 5.56 Å². The van der Waals surface area contributed by atoms with Gasteiger partial charge in [-0.2, -0.15) is 5.10 Å². The van der Waals surface area contributed by atoms with Crippen LogP contribution in [0.1, 0.15) is 22.5 Å². The smallest absolute Gasteiger partial charge is 0.277 e. The Kier molecular flexibility index (Phi) is 2.70. The average Bonchev–Trinajstić information content (AvgIpc) is 3.02. The maximum absolute atomic E-state index is 12.9. The maximum atomic E-state index is 12.9. The first kappa shape index (κ1) is 12.1. The number of aryl methyl sites for hydroxylation is 1. The lowest BCUT2D eigenvalue weighted by molar-refractivity contribution is 0.0978. The number of para-hydroxylation sites is 1. The van der Waals surface area contributed by atoms with Gasteiger partial charge in [-0.1, -0.05) is 18.2 Å². The van der Waals surface area contributed by atoms with Crippen molar-refractivity contribution in [3.05, 3.63) is 60.0 Å². The van der Waals surface area contributed by atoms with E-state index in [1.54, 1.807) is 29.0 Å². The third-order valence-corrected chi connectivity index (χ3v) is 3.86. The Morgan fingerprint density at radius 1 is 1.10 bits per heavy atom. The summed E-state index contributed by atoms with van der Waals surface area (Å²) in [5.41, 5.74) is 3.46. The average molecular weight is 278 g/mol. The number of hydrogen-bond donors (Lipinski definition) is 0. The van der Waals surface area contributed by atoms with Crippen molar-refractivity contribution in [3.63, 3.8) is 0 Å². The molecule has 0 saturated carbocycles. The number of carbonyl (C=O) groups excluding carboxylic acids is 1. The first-order valence-electron chi connectivity index (χ1n) is 7.03. The number of benzene rings is 1. The number of amides is 1. The van der Waals surface area contributed by atoms with Crippen LogP contribution in [0, 0.1) is 0 Å². The minimum Gasteiger partial charge on any atom is -0.307 e. The van der Waals surface area contributed by atoms with Gasteiger partial charge in [0.15, 0.2) is 5.65 Å². The second-order valence-electron chi connectivity index (χ2n) is 5.12. The molecular formula is C16H14N4O. The highest BCUT2D eigenvalue weighted by molar-refractivity contribution is 6.05. The van der Waals surface area contributed by atoms with Gasteiger partial charge in [-0.15, -0.1) is 0 Å². The summed E-state index contributed by atoms with van der Waals surface area (Å²) >= 11 is 0. The molecule has 4 rings (SSSR count). The summed E-state index contributed by atoms with van der Waals surface area (Å²) < 4.78 is 1.60. The minimum atomic E-state index is -0.0294. The lowest BCUT2D eigenvalue weighted by Gasteiger charge is -2.29. The highest BCUT2D eigenvalue weighted by Gasteiger charge is 2.25. The van der Waals surface area contributed by atoms with Gasteiger partial charge >= 0.3 is 0 Å². The van der Waals surface area contributed by atoms with E-state index in [0.717, 1.165) is 25.1 Å². The number of rotatable bonds is 1. The Morgan fingerprint density at radius 3 is 2.95 bits per heavy atom. The maximum Gasteiger partial charge on any atom is 0.277 e. The molecule has 0 aliphatic carbocycles. The van der Waals surface area contributed by atoms with E-state index < -0.39 is 0 Å². The Labute approximate surface area is 121 Å². The van der Waals surface area contributed by atoms with Gasteiger partial charge in [0.2, 0.25) is 0 Å². The third kappa shape index (κ3) is 1.89. The molecule has 3 aromatic rings. The highest BCUT2D eigenvalue weighted by atomic mass is 16.2. The van der Waals surface area contributed by atoms with Crippen molar-refractivity contribution in [1.82, 2.24) is 14.6 Å². The van der Waals surface area contributed by atoms with Crippen molar-refractivity contribution < 1.29 is 4.79 Å². The molecule has 0 bridgehead atoms. The monoisotopic (exact) mass is 278 g/mol. The van der Waals surface area contributed by atoms with Crippen LogP contribution >= 0.6 is 0 Å². The number of aromatic nitrogens is 3. The lowest BCUT2D eigenvalue weighted by atomic mass is 10.0. The zero-order valence-electron chi connectivity index (χ0n) is 11.4. The molecule has 1 amide bonds. The van der Waals surface area contributed by atoms with Crippen LogP contribution in [0.25, 0.3) is 5.65 Å². The van der Waals surface area contributed by atoms with Crippen molar-refractivity contribution in [1.29, 1.82) is 0 Å². The van der Waals surface area contributed by atoms with Gasteiger partial charge in [0.25, 0.3) is 5.91 Å². The van der Waals surface area contributed by atoms with Crippen molar-refractivity contribution in [2.45, 2.75) is 12.8 Å². The van der Waals surface area contributed by atoms with Crippen LogP contribution in [0.3, 0.4) is 0 Å². The van der Waals surface area contributed by atoms with Crippen LogP contribution in [0.4, 0.5) is 5.69 Å². The molecule has 0 radical (unpaired) electrons. The lowest BCUT2D eigenvalue weighted by Crippen LogP contribution is -2.36. The molecule has 0 atom stereocenters. The molecule has 104 valence electrons. The third-order valence-electron chi connectivity index (χ3n) is 3.86. The predicted molar refractivity (Wildman–Crippen MR) is 79.4 cm³/mol. The first-order valence-corrected chi connectivity index (χ1v) is 7.03. The molecule has 0 saturated heterocycles. The van der Waals surface area contributed by atoms with E-state index in [0.29, 0.717) is 11.3 Å². The van der Waals surface area contributed by atoms with Crippen LogP contribution in [0.2, 0.25) is 0 Å². The number of anilines is 1. The van der Waals surface area contributed by atoms with Crippen LogP contribution in [0.5, 0.6) is 0 Å². The SMILES string of the molecule is O=C(c1ccnc2ccnn12)N1CCCc2ccccc21. The topological polar surface area (TPSA) is 50.5 Å². The molecule has 21 heavy (non-hydrogen) atoms. The quantitative estimate of drug-likeness (QED) is 0.686. The Hall–Kier alpha value is -2.69. The van der Waals surface area contributed by atoms with E-state index in [4.69, 9.17) is 0 Å². The van der Waals surface area contributed by atoms with E-state index in [-0.39, 0.29) is 5.91 Å². The second kappa shape index (κ2) is 4.70. The summed E-state index contributed by atoms with van der Waals surface area (Å²) in [6, 6.07) is 11.6. The number of carbonyl (C=O) groups is 1. The number of hydrogen-bond acceptors (Lipinski definition) is 3. The number of fused-ring (bicyclic) bond motifs is 2. The van der Waals surface area contributed by atoms with E-state index in [1.807, 2.05) is 23.1 Å². The standard InChI is InChI=1S/C16H14N4O/c21-16(14-7-9-17-15-8-10-18-20(14)15)19-11-3-5-12-4-1-2-6-13(12)19/h1-2,4,6-10H,3,5,11H2. The van der Waals surface area contributed by atoms with Crippen LogP contribution in [-0.2, 0) is 6.42 Å². The summed E-state index contributed by atoms with van der Waals surface area (Å²) in [5.74, 6) is -0.0294. The molecule has 0 N–H and O–H groups in total. The predicted octanol–water partition coefficient (Wildman–Crippen LogP) is 2.32. The van der Waals surface area contributed by atoms with Gasteiger partial charge in [0.05, 0.1) is 6.20 Å². The van der Waals surface area contributed by atoms with Gasteiger partial charge in [0, 0.05) is 24.5 Å². The molecule has 1 aliphatic heterocycles. The normalized spacial score (nSPS) is 14.2. The van der Waals surface area contributed by atoms with Gasteiger partial charge in [-0.05, 0) is 30.5 Å². The van der Waals surface area contributed by atoms with Gasteiger partial charge in [0.1, 0.15) is 5.69 Å². The minimum absolute atomic E-state index is 0.0294. The fourth-order valence-corrected chi connectivity index (χ4v) is 2.88. The van der Waals surface area contributed by atoms with Crippen LogP contribution < -0.4 is 4.90 Å². The zero-order chi connectivity index (χ0) is 14.2. The molecule has 5 heteroatoms.